The molecule has 0 N–H and O–H groups in total. The Labute approximate surface area is 358 Å². The average molecular weight is 792 g/mol. The van der Waals surface area contributed by atoms with E-state index in [0.717, 1.165) is 83.7 Å². The Morgan fingerprint density at radius 3 is 1.53 bits per heavy atom. The molecule has 8 aromatic carbocycles. The lowest BCUT2D eigenvalue weighted by Crippen LogP contribution is -1.98. The van der Waals surface area contributed by atoms with Crippen LogP contribution in [0.4, 0.5) is 0 Å². The molecule has 4 heterocycles. The predicted octanol–water partition coefficient (Wildman–Crippen LogP) is 14.4. The van der Waals surface area contributed by atoms with Crippen molar-refractivity contribution in [2.75, 3.05) is 0 Å². The van der Waals surface area contributed by atoms with Crippen LogP contribution in [0.15, 0.2) is 224 Å². The van der Waals surface area contributed by atoms with Crippen LogP contribution in [0.5, 0.6) is 0 Å². The maximum atomic E-state index is 5.41. The summed E-state index contributed by atoms with van der Waals surface area (Å²) in [6.45, 7) is 0. The van der Waals surface area contributed by atoms with Crippen molar-refractivity contribution in [2.24, 2.45) is 0 Å². The van der Waals surface area contributed by atoms with Gasteiger partial charge >= 0.3 is 0 Å². The number of aromatic nitrogens is 5. The van der Waals surface area contributed by atoms with Gasteiger partial charge in [0.05, 0.1) is 33.6 Å². The van der Waals surface area contributed by atoms with Crippen molar-refractivity contribution in [1.29, 1.82) is 0 Å². The van der Waals surface area contributed by atoms with Crippen LogP contribution in [0.25, 0.3) is 111 Å². The first-order valence-corrected chi connectivity index (χ1v) is 20.9. The predicted molar refractivity (Wildman–Crippen MR) is 255 cm³/mol. The monoisotopic (exact) mass is 791 g/mol. The van der Waals surface area contributed by atoms with Crippen molar-refractivity contribution in [2.45, 2.75) is 0 Å². The van der Waals surface area contributed by atoms with Gasteiger partial charge in [0, 0.05) is 55.2 Å². The van der Waals surface area contributed by atoms with Gasteiger partial charge in [-0.15, -0.1) is 0 Å². The van der Waals surface area contributed by atoms with Crippen LogP contribution in [-0.2, 0) is 0 Å². The normalized spacial score (nSPS) is 11.5. The van der Waals surface area contributed by atoms with E-state index in [1.54, 1.807) is 0 Å². The molecule has 5 heteroatoms. The molecule has 0 saturated carbocycles. The quantitative estimate of drug-likeness (QED) is 0.162. The topological polar surface area (TPSA) is 48.0 Å². The molecule has 0 unspecified atom stereocenters. The minimum atomic E-state index is 0.676. The van der Waals surface area contributed by atoms with E-state index in [-0.39, 0.29) is 0 Å². The fraction of sp³-hybridized carbons (Fsp3) is 0. The first-order valence-electron chi connectivity index (χ1n) is 20.9. The molecule has 0 saturated heterocycles. The lowest BCUT2D eigenvalue weighted by molar-refractivity contribution is 0.979. The molecule has 0 atom stereocenters. The van der Waals surface area contributed by atoms with Crippen molar-refractivity contribution < 1.29 is 0 Å². The van der Waals surface area contributed by atoms with Gasteiger partial charge in [0.15, 0.2) is 5.82 Å². The molecule has 0 fully saturated rings. The van der Waals surface area contributed by atoms with Crippen molar-refractivity contribution in [3.8, 4) is 73.2 Å². The molecule has 62 heavy (non-hydrogen) atoms. The minimum absolute atomic E-state index is 0.676. The van der Waals surface area contributed by atoms with E-state index < -0.39 is 0 Å². The zero-order valence-electron chi connectivity index (χ0n) is 33.6. The summed E-state index contributed by atoms with van der Waals surface area (Å²) in [6.07, 6.45) is 0. The number of pyridine rings is 1. The van der Waals surface area contributed by atoms with Crippen molar-refractivity contribution in [3.05, 3.63) is 224 Å². The van der Waals surface area contributed by atoms with Crippen LogP contribution in [0.2, 0.25) is 0 Å². The number of hydrogen-bond acceptors (Lipinski definition) is 3. The third-order valence-corrected chi connectivity index (χ3v) is 11.9. The van der Waals surface area contributed by atoms with Crippen LogP contribution in [0, 0.1) is 0 Å². The summed E-state index contributed by atoms with van der Waals surface area (Å²) >= 11 is 0. The van der Waals surface area contributed by atoms with Crippen LogP contribution in [0.1, 0.15) is 0 Å². The lowest BCUT2D eigenvalue weighted by Gasteiger charge is -2.14. The summed E-state index contributed by atoms with van der Waals surface area (Å²) in [5.74, 6) is 0.676. The molecule has 12 aromatic rings. The maximum Gasteiger partial charge on any atom is 0.160 e. The number of nitrogens with zero attached hydrogens (tertiary/aromatic N) is 5. The fourth-order valence-electron chi connectivity index (χ4n) is 9.06. The van der Waals surface area contributed by atoms with Crippen LogP contribution >= 0.6 is 0 Å². The van der Waals surface area contributed by atoms with E-state index in [1.165, 1.54) is 21.8 Å². The maximum absolute atomic E-state index is 5.41. The molecule has 0 spiro atoms. The first-order chi connectivity index (χ1) is 30.7. The zero-order valence-corrected chi connectivity index (χ0v) is 33.6. The fourth-order valence-corrected chi connectivity index (χ4v) is 9.06. The SMILES string of the molecule is c1ccc(-c2nc(-c3cccc(-n4c5ccccc5c5ccccc54)c3)cc(-c3ccc4c(c3)cc(-c3ccccc3)n3nc(-c5ccccc5)c(-c5ccccc5)c43)n2)cc1. The number of para-hydroxylation sites is 2. The van der Waals surface area contributed by atoms with Gasteiger partial charge < -0.3 is 4.57 Å². The Hall–Kier alpha value is -8.41. The van der Waals surface area contributed by atoms with Gasteiger partial charge in [0.1, 0.15) is 5.69 Å². The summed E-state index contributed by atoms with van der Waals surface area (Å²) in [5.41, 5.74) is 15.5. The van der Waals surface area contributed by atoms with Gasteiger partial charge in [-0.1, -0.05) is 182 Å². The van der Waals surface area contributed by atoms with Crippen LogP contribution in [0.3, 0.4) is 0 Å². The molecule has 5 nitrogen and oxygen atoms in total. The highest BCUT2D eigenvalue weighted by Gasteiger charge is 2.22. The molecule has 0 aliphatic heterocycles. The Balaban J connectivity index is 1.08. The lowest BCUT2D eigenvalue weighted by atomic mass is 9.95. The largest absolute Gasteiger partial charge is 0.309 e. The molecule has 0 aliphatic carbocycles. The van der Waals surface area contributed by atoms with E-state index in [9.17, 15) is 0 Å². The summed E-state index contributed by atoms with van der Waals surface area (Å²) < 4.78 is 4.49. The van der Waals surface area contributed by atoms with E-state index in [4.69, 9.17) is 15.1 Å². The zero-order chi connectivity index (χ0) is 41.0. The molecule has 12 rings (SSSR count). The molecular weight excluding hydrogens is 755 g/mol. The number of fused-ring (bicyclic) bond motifs is 6. The standard InChI is InChI=1S/C57H37N5/c1-5-18-38(19-6-1)53-36-44-34-43(32-33-46(44)56-54(39-20-7-2-8-21-39)55(60-62(53)56)40-22-9-3-10-23-40)50-37-49(58-57(59-50)41-24-11-4-12-25-41)42-26-17-27-45(35-42)61-51-30-15-13-28-47(51)48-29-14-16-31-52(48)61/h1-37H. The van der Waals surface area contributed by atoms with Crippen LogP contribution in [-0.4, -0.2) is 24.1 Å². The molecule has 4 aromatic heterocycles. The van der Waals surface area contributed by atoms with E-state index >= 15 is 0 Å². The third kappa shape index (κ3) is 5.98. The third-order valence-electron chi connectivity index (χ3n) is 11.9. The second kappa shape index (κ2) is 14.7. The Morgan fingerprint density at radius 2 is 0.887 bits per heavy atom. The molecule has 290 valence electrons. The van der Waals surface area contributed by atoms with Crippen molar-refractivity contribution in [1.82, 2.24) is 24.1 Å². The Kier molecular flexibility index (Phi) is 8.42. The Morgan fingerprint density at radius 1 is 0.355 bits per heavy atom. The van der Waals surface area contributed by atoms with E-state index in [2.05, 4.69) is 215 Å². The van der Waals surface area contributed by atoms with Gasteiger partial charge in [-0.25, -0.2) is 14.5 Å². The van der Waals surface area contributed by atoms with Gasteiger partial charge in [0.2, 0.25) is 0 Å². The van der Waals surface area contributed by atoms with Gasteiger partial charge in [-0.05, 0) is 53.4 Å². The highest BCUT2D eigenvalue weighted by Crippen LogP contribution is 2.42. The summed E-state index contributed by atoms with van der Waals surface area (Å²) in [4.78, 5) is 10.5. The van der Waals surface area contributed by atoms with E-state index in [1.807, 2.05) is 18.2 Å². The summed E-state index contributed by atoms with van der Waals surface area (Å²) in [6, 6.07) is 79.0. The van der Waals surface area contributed by atoms with Crippen molar-refractivity contribution in [3.63, 3.8) is 0 Å². The molecule has 0 aliphatic rings. The smallest absolute Gasteiger partial charge is 0.160 e. The first kappa shape index (κ1) is 35.5. The molecule has 0 bridgehead atoms. The highest BCUT2D eigenvalue weighted by molar-refractivity contribution is 6.10. The van der Waals surface area contributed by atoms with Crippen LogP contribution < -0.4 is 0 Å². The number of rotatable bonds is 7. The second-order valence-electron chi connectivity index (χ2n) is 15.7. The molecule has 0 radical (unpaired) electrons. The Bertz CT molecular complexity index is 3560. The average Bonchev–Trinajstić information content (AvgIpc) is 3.92. The number of hydrogen-bond donors (Lipinski definition) is 0. The molecule has 0 amide bonds. The number of benzene rings is 8. The minimum Gasteiger partial charge on any atom is -0.309 e. The van der Waals surface area contributed by atoms with Crippen molar-refractivity contribution >= 4 is 38.1 Å². The van der Waals surface area contributed by atoms with Gasteiger partial charge in [-0.3, -0.25) is 0 Å². The van der Waals surface area contributed by atoms with E-state index in [0.29, 0.717) is 5.82 Å². The summed E-state index contributed by atoms with van der Waals surface area (Å²) in [7, 11) is 0. The second-order valence-corrected chi connectivity index (χ2v) is 15.7. The molecular formula is C57H37N5. The summed E-state index contributed by atoms with van der Waals surface area (Å²) in [5, 5.41) is 10.1. The van der Waals surface area contributed by atoms with Gasteiger partial charge in [-0.2, -0.15) is 5.10 Å². The van der Waals surface area contributed by atoms with Gasteiger partial charge in [0.25, 0.3) is 0 Å². The highest BCUT2D eigenvalue weighted by atomic mass is 15.2.